The van der Waals surface area contributed by atoms with E-state index in [4.69, 9.17) is 25.6 Å². The number of nitrogens with one attached hydrogen (secondary N) is 2. The van der Waals surface area contributed by atoms with Gasteiger partial charge in [0.1, 0.15) is 22.3 Å². The second-order valence-corrected chi connectivity index (χ2v) is 12.6. The Morgan fingerprint density at radius 2 is 1.93 bits per heavy atom. The summed E-state index contributed by atoms with van der Waals surface area (Å²) < 4.78 is 56.1. The van der Waals surface area contributed by atoms with Gasteiger partial charge in [-0.2, -0.15) is 13.4 Å². The smallest absolute Gasteiger partial charge is 0.488 e. The zero-order valence-corrected chi connectivity index (χ0v) is 24.4. The van der Waals surface area contributed by atoms with Gasteiger partial charge in [-0.05, 0) is 55.1 Å². The van der Waals surface area contributed by atoms with Crippen LogP contribution < -0.4 is 24.1 Å². The van der Waals surface area contributed by atoms with Crippen LogP contribution in [0.15, 0.2) is 36.5 Å². The Kier molecular flexibility index (Phi) is 8.48. The number of hydrogen-bond donors (Lipinski definition) is 2. The number of halogens is 2. The number of rotatable bonds is 10. The summed E-state index contributed by atoms with van der Waals surface area (Å²) in [6.07, 6.45) is 2.37. The van der Waals surface area contributed by atoms with Crippen molar-refractivity contribution in [2.24, 2.45) is 0 Å². The summed E-state index contributed by atoms with van der Waals surface area (Å²) in [5.41, 5.74) is 3.56. The molecular formula is C25H28ClFN5O6PS. The van der Waals surface area contributed by atoms with Crippen molar-refractivity contribution in [2.75, 3.05) is 50.8 Å². The highest BCUT2D eigenvalue weighted by Crippen LogP contribution is 2.40. The van der Waals surface area contributed by atoms with Gasteiger partial charge in [0.25, 0.3) is 0 Å². The molecule has 15 heteroatoms. The molecule has 1 aromatic heterocycles. The number of nitrogens with zero attached hydrogens (tertiary/aromatic N) is 3. The second-order valence-electron chi connectivity index (χ2n) is 9.41. The van der Waals surface area contributed by atoms with Gasteiger partial charge in [0.05, 0.1) is 52.1 Å². The first-order chi connectivity index (χ1) is 19.1. The van der Waals surface area contributed by atoms with E-state index >= 15 is 0 Å². The van der Waals surface area contributed by atoms with E-state index in [9.17, 15) is 12.3 Å². The number of benzene rings is 2. The molecule has 3 aromatic rings. The summed E-state index contributed by atoms with van der Waals surface area (Å²) in [6, 6.07) is 8.58. The van der Waals surface area contributed by atoms with Gasteiger partial charge >= 0.3 is 10.5 Å². The van der Waals surface area contributed by atoms with E-state index in [1.807, 2.05) is 19.4 Å². The topological polar surface area (TPSA) is 124 Å². The van der Waals surface area contributed by atoms with E-state index < -0.39 is 18.7 Å². The molecule has 2 N–H and O–H groups in total. The van der Waals surface area contributed by atoms with Gasteiger partial charge in [-0.1, -0.05) is 15.5 Å². The lowest BCUT2D eigenvalue weighted by Crippen LogP contribution is -2.50. The minimum atomic E-state index is -5.19. The zero-order chi connectivity index (χ0) is 28.4. The molecule has 5 rings (SSSR count). The Balaban J connectivity index is 1.40. The van der Waals surface area contributed by atoms with Crippen LogP contribution in [0.1, 0.15) is 11.1 Å². The third-order valence-electron chi connectivity index (χ3n) is 6.37. The van der Waals surface area contributed by atoms with Gasteiger partial charge in [-0.25, -0.2) is 4.98 Å². The summed E-state index contributed by atoms with van der Waals surface area (Å²) in [5.74, 6) is 1.20. The van der Waals surface area contributed by atoms with Gasteiger partial charge in [-0.3, -0.25) is 4.90 Å². The normalized spacial score (nSPS) is 15.8. The van der Waals surface area contributed by atoms with E-state index in [0.29, 0.717) is 23.2 Å². The molecule has 0 atom stereocenters. The average molecular weight is 612 g/mol. The molecule has 0 amide bonds. The molecule has 2 aliphatic rings. The van der Waals surface area contributed by atoms with E-state index in [1.54, 1.807) is 7.11 Å². The highest BCUT2D eigenvalue weighted by atomic mass is 35.5. The quantitative estimate of drug-likeness (QED) is 0.237. The van der Waals surface area contributed by atoms with Gasteiger partial charge < -0.3 is 28.8 Å². The third kappa shape index (κ3) is 6.84. The van der Waals surface area contributed by atoms with E-state index in [0.717, 1.165) is 32.7 Å². The molecule has 40 heavy (non-hydrogen) atoms. The van der Waals surface area contributed by atoms with Crippen LogP contribution in [0.5, 0.6) is 17.2 Å². The van der Waals surface area contributed by atoms with Gasteiger partial charge in [-0.15, -0.1) is 0 Å². The summed E-state index contributed by atoms with van der Waals surface area (Å²) in [5, 5.41) is 6.55. The predicted octanol–water partition coefficient (Wildman–Crippen LogP) is 5.01. The number of aromatic nitrogens is 2. The van der Waals surface area contributed by atoms with Crippen LogP contribution in [-0.4, -0.2) is 69.5 Å². The summed E-state index contributed by atoms with van der Waals surface area (Å²) >= 11 is 6.40. The van der Waals surface area contributed by atoms with Crippen LogP contribution in [0, 0.1) is 0 Å². The standard InChI is InChI=1S/C25H28ClFN5O6PS/c1-35-22-9-15-6-7-32(17-13-36-14-17)12-16(15)8-21(22)30-25-28-11-19(26)24(31-25)29-20-5-4-18(38-40(27,33)34)10-23(20)37-39(2)3/h4-5,8-11,17H,6-7,12-14H2,1-3H3,(H2,28,29,30,31). The summed E-state index contributed by atoms with van der Waals surface area (Å²) in [4.78, 5) is 11.3. The van der Waals surface area contributed by atoms with Crippen molar-refractivity contribution in [1.82, 2.24) is 14.9 Å². The lowest BCUT2D eigenvalue weighted by Gasteiger charge is -2.40. The maximum Gasteiger partial charge on any atom is 0.488 e. The van der Waals surface area contributed by atoms with Gasteiger partial charge in [0, 0.05) is 19.2 Å². The highest BCUT2D eigenvalue weighted by molar-refractivity contribution is 7.81. The molecule has 0 radical (unpaired) electrons. The lowest BCUT2D eigenvalue weighted by atomic mass is 9.97. The van der Waals surface area contributed by atoms with E-state index in [2.05, 4.69) is 35.8 Å². The van der Waals surface area contributed by atoms with Crippen LogP contribution in [0.2, 0.25) is 5.02 Å². The molecule has 0 bridgehead atoms. The van der Waals surface area contributed by atoms with Crippen molar-refractivity contribution in [1.29, 1.82) is 0 Å². The molecule has 11 nitrogen and oxygen atoms in total. The minimum absolute atomic E-state index is 0.231. The maximum absolute atomic E-state index is 13.1. The fourth-order valence-electron chi connectivity index (χ4n) is 4.43. The molecule has 0 spiro atoms. The first kappa shape index (κ1) is 28.6. The SMILES string of the molecule is COc1cc2c(cc1Nc1ncc(Cl)c(Nc3ccc(OS(=O)(=O)F)cc3OP(C)C)n1)CN(C1COC1)CC2. The van der Waals surface area contributed by atoms with Crippen LogP contribution in [0.4, 0.5) is 27.0 Å². The Morgan fingerprint density at radius 3 is 2.60 bits per heavy atom. The van der Waals surface area contributed by atoms with E-state index in [-0.39, 0.29) is 28.3 Å². The van der Waals surface area contributed by atoms with Crippen LogP contribution in [0.25, 0.3) is 0 Å². The molecule has 2 aliphatic heterocycles. The highest BCUT2D eigenvalue weighted by Gasteiger charge is 2.29. The summed E-state index contributed by atoms with van der Waals surface area (Å²) in [6.45, 7) is 7.03. The second kappa shape index (κ2) is 11.9. The Labute approximate surface area is 238 Å². The third-order valence-corrected chi connectivity index (χ3v) is 7.60. The van der Waals surface area contributed by atoms with Crippen molar-refractivity contribution >= 4 is 53.4 Å². The first-order valence-corrected chi connectivity index (χ1v) is 16.1. The van der Waals surface area contributed by atoms with Crippen molar-refractivity contribution in [3.8, 4) is 17.2 Å². The predicted molar refractivity (Wildman–Crippen MR) is 152 cm³/mol. The molecule has 0 saturated carbocycles. The number of ether oxygens (including phenoxy) is 2. The Hall–Kier alpha value is -2.96. The monoisotopic (exact) mass is 611 g/mol. The van der Waals surface area contributed by atoms with E-state index in [1.165, 1.54) is 35.5 Å². The Morgan fingerprint density at radius 1 is 1.12 bits per heavy atom. The molecular weight excluding hydrogens is 584 g/mol. The molecule has 214 valence electrons. The van der Waals surface area contributed by atoms with Gasteiger partial charge in [0.15, 0.2) is 5.82 Å². The Bertz CT molecular complexity index is 1510. The summed E-state index contributed by atoms with van der Waals surface area (Å²) in [7, 11) is -4.50. The lowest BCUT2D eigenvalue weighted by molar-refractivity contribution is -0.0695. The maximum atomic E-state index is 13.1. The molecule has 2 aromatic carbocycles. The largest absolute Gasteiger partial charge is 0.495 e. The van der Waals surface area contributed by atoms with Crippen molar-refractivity contribution < 1.29 is 30.5 Å². The number of hydrogen-bond acceptors (Lipinski definition) is 11. The van der Waals surface area contributed by atoms with Crippen molar-refractivity contribution in [3.63, 3.8) is 0 Å². The van der Waals surface area contributed by atoms with Crippen LogP contribution in [-0.2, 0) is 28.2 Å². The average Bonchev–Trinajstić information content (AvgIpc) is 2.85. The zero-order valence-electron chi connectivity index (χ0n) is 22.0. The fourth-order valence-corrected chi connectivity index (χ4v) is 5.45. The van der Waals surface area contributed by atoms with Crippen molar-refractivity contribution in [3.05, 3.63) is 52.7 Å². The minimum Gasteiger partial charge on any atom is -0.495 e. The van der Waals surface area contributed by atoms with Crippen LogP contribution in [0.3, 0.4) is 0 Å². The van der Waals surface area contributed by atoms with Crippen molar-refractivity contribution in [2.45, 2.75) is 19.0 Å². The molecule has 1 saturated heterocycles. The number of methoxy groups -OCH3 is 1. The fraction of sp³-hybridized carbons (Fsp3) is 0.360. The van der Waals surface area contributed by atoms with Crippen LogP contribution >= 0.6 is 19.7 Å². The number of anilines is 4. The first-order valence-electron chi connectivity index (χ1n) is 12.3. The molecule has 1 fully saturated rings. The molecule has 0 aliphatic carbocycles. The molecule has 3 heterocycles. The number of fused-ring (bicyclic) bond motifs is 1. The molecule has 0 unspecified atom stereocenters. The van der Waals surface area contributed by atoms with Gasteiger partial charge in [0.2, 0.25) is 5.95 Å².